The lowest BCUT2D eigenvalue weighted by Gasteiger charge is -2.25. The lowest BCUT2D eigenvalue weighted by atomic mass is 10.1. The van der Waals surface area contributed by atoms with Gasteiger partial charge >= 0.3 is 0 Å². The zero-order valence-corrected chi connectivity index (χ0v) is 17.6. The van der Waals surface area contributed by atoms with Crippen molar-refractivity contribution in [1.82, 2.24) is 4.90 Å². The van der Waals surface area contributed by atoms with Crippen molar-refractivity contribution in [2.45, 2.75) is 81.8 Å². The lowest BCUT2D eigenvalue weighted by molar-refractivity contribution is 0.0962. The Bertz CT molecular complexity index is 480. The number of hydrogen-bond donors (Lipinski definition) is 0. The summed E-state index contributed by atoms with van der Waals surface area (Å²) in [6.07, 6.45) is 14.2. The molecule has 0 saturated carbocycles. The molecule has 25 heavy (non-hydrogen) atoms. The molecule has 1 aromatic heterocycles. The van der Waals surface area contributed by atoms with Crippen molar-refractivity contribution in [2.75, 3.05) is 25.4 Å². The Morgan fingerprint density at radius 3 is 2.52 bits per heavy atom. The first-order valence-electron chi connectivity index (χ1n) is 10.3. The van der Waals surface area contributed by atoms with E-state index in [2.05, 4.69) is 17.9 Å². The van der Waals surface area contributed by atoms with Crippen LogP contribution in [0.4, 0.5) is 0 Å². The maximum atomic E-state index is 12.4. The zero-order chi connectivity index (χ0) is 17.7. The van der Waals surface area contributed by atoms with E-state index in [0.717, 1.165) is 11.4 Å². The summed E-state index contributed by atoms with van der Waals surface area (Å²) in [5.74, 6) is 1.52. The van der Waals surface area contributed by atoms with Crippen LogP contribution in [0.25, 0.3) is 0 Å². The molecule has 0 spiro atoms. The van der Waals surface area contributed by atoms with Gasteiger partial charge in [-0.25, -0.2) is 0 Å². The van der Waals surface area contributed by atoms with Gasteiger partial charge in [-0.15, -0.1) is 23.1 Å². The van der Waals surface area contributed by atoms with E-state index < -0.39 is 0 Å². The molecule has 2 rings (SSSR count). The summed E-state index contributed by atoms with van der Waals surface area (Å²) < 4.78 is 1.31. The molecular formula is C21H35NOS2. The summed E-state index contributed by atoms with van der Waals surface area (Å²) in [4.78, 5) is 15.8. The number of nitrogens with zero attached hydrogens (tertiary/aromatic N) is 1. The molecule has 1 fully saturated rings. The third kappa shape index (κ3) is 8.74. The van der Waals surface area contributed by atoms with Crippen LogP contribution in [0.3, 0.4) is 0 Å². The summed E-state index contributed by atoms with van der Waals surface area (Å²) in [5.41, 5.74) is 0. The Kier molecular flexibility index (Phi) is 10.9. The Hall–Kier alpha value is -0.320. The van der Waals surface area contributed by atoms with E-state index in [0.29, 0.717) is 12.2 Å². The van der Waals surface area contributed by atoms with E-state index in [1.54, 1.807) is 11.3 Å². The predicted octanol–water partition coefficient (Wildman–Crippen LogP) is 6.65. The van der Waals surface area contributed by atoms with Crippen LogP contribution in [0.1, 0.15) is 87.2 Å². The molecule has 0 N–H and O–H groups in total. The number of piperidine rings is 1. The Labute approximate surface area is 162 Å². The normalized spacial score (nSPS) is 15.6. The second-order valence-electron chi connectivity index (χ2n) is 7.16. The van der Waals surface area contributed by atoms with Gasteiger partial charge in [0.25, 0.3) is 0 Å². The highest BCUT2D eigenvalue weighted by atomic mass is 32.2. The maximum Gasteiger partial charge on any atom is 0.174 e. The van der Waals surface area contributed by atoms with Crippen LogP contribution in [-0.4, -0.2) is 36.1 Å². The van der Waals surface area contributed by atoms with Gasteiger partial charge < -0.3 is 4.90 Å². The summed E-state index contributed by atoms with van der Waals surface area (Å²) in [6, 6.07) is 4.18. The van der Waals surface area contributed by atoms with Gasteiger partial charge in [0.05, 0.1) is 9.09 Å². The van der Waals surface area contributed by atoms with Crippen LogP contribution in [-0.2, 0) is 0 Å². The largest absolute Gasteiger partial charge is 0.303 e. The molecule has 0 atom stereocenters. The molecule has 0 amide bonds. The fraction of sp³-hybridized carbons (Fsp3) is 0.762. The van der Waals surface area contributed by atoms with Crippen molar-refractivity contribution in [3.63, 3.8) is 0 Å². The Balaban J connectivity index is 1.56. The number of ketones is 1. The monoisotopic (exact) mass is 381 g/mol. The van der Waals surface area contributed by atoms with Crippen molar-refractivity contribution in [3.05, 3.63) is 17.0 Å². The van der Waals surface area contributed by atoms with E-state index in [1.807, 2.05) is 17.8 Å². The lowest BCUT2D eigenvalue weighted by Crippen LogP contribution is -2.31. The standard InChI is InChI=1S/C21H35NOS2/c1-2-3-4-5-6-7-11-18-24-21-13-12-20(25-21)19(23)14-17-22-15-9-8-10-16-22/h12-13H,2-11,14-18H2,1H3. The van der Waals surface area contributed by atoms with Crippen molar-refractivity contribution in [2.24, 2.45) is 0 Å². The maximum absolute atomic E-state index is 12.4. The number of unbranched alkanes of at least 4 members (excludes halogenated alkanes) is 6. The van der Waals surface area contributed by atoms with E-state index >= 15 is 0 Å². The van der Waals surface area contributed by atoms with Crippen LogP contribution < -0.4 is 0 Å². The van der Waals surface area contributed by atoms with E-state index in [-0.39, 0.29) is 0 Å². The molecule has 2 nitrogen and oxygen atoms in total. The van der Waals surface area contributed by atoms with Crippen molar-refractivity contribution in [3.8, 4) is 0 Å². The molecule has 2 heterocycles. The number of thiophene rings is 1. The number of rotatable bonds is 13. The average Bonchev–Trinajstić information content (AvgIpc) is 3.12. The van der Waals surface area contributed by atoms with Gasteiger partial charge in [0.2, 0.25) is 0 Å². The summed E-state index contributed by atoms with van der Waals surface area (Å²) in [6.45, 7) is 5.57. The topological polar surface area (TPSA) is 20.3 Å². The van der Waals surface area contributed by atoms with Crippen LogP contribution >= 0.6 is 23.1 Å². The number of hydrogen-bond acceptors (Lipinski definition) is 4. The van der Waals surface area contributed by atoms with Gasteiger partial charge in [0.1, 0.15) is 0 Å². The minimum Gasteiger partial charge on any atom is -0.303 e. The first-order valence-corrected chi connectivity index (χ1v) is 12.1. The first kappa shape index (κ1) is 21.0. The van der Waals surface area contributed by atoms with E-state index in [1.165, 1.54) is 87.3 Å². The highest BCUT2D eigenvalue weighted by Crippen LogP contribution is 2.29. The molecule has 0 radical (unpaired) electrons. The van der Waals surface area contributed by atoms with Crippen molar-refractivity contribution >= 4 is 28.9 Å². The predicted molar refractivity (Wildman–Crippen MR) is 112 cm³/mol. The van der Waals surface area contributed by atoms with E-state index in [9.17, 15) is 4.79 Å². The number of likely N-dealkylation sites (tertiary alicyclic amines) is 1. The smallest absolute Gasteiger partial charge is 0.174 e. The van der Waals surface area contributed by atoms with Gasteiger partial charge in [-0.05, 0) is 50.2 Å². The molecule has 0 aromatic carbocycles. The molecule has 4 heteroatoms. The highest BCUT2D eigenvalue weighted by molar-refractivity contribution is 8.01. The van der Waals surface area contributed by atoms with Gasteiger partial charge in [-0.2, -0.15) is 0 Å². The zero-order valence-electron chi connectivity index (χ0n) is 15.9. The highest BCUT2D eigenvalue weighted by Gasteiger charge is 2.14. The molecule has 1 saturated heterocycles. The SMILES string of the molecule is CCCCCCCCCSc1ccc(C(=O)CCN2CCCCC2)s1. The fourth-order valence-electron chi connectivity index (χ4n) is 3.35. The number of carbonyl (C=O) groups excluding carboxylic acids is 1. The average molecular weight is 382 g/mol. The molecular weight excluding hydrogens is 346 g/mol. The summed E-state index contributed by atoms with van der Waals surface area (Å²) in [7, 11) is 0. The molecule has 1 aliphatic heterocycles. The third-order valence-electron chi connectivity index (χ3n) is 4.95. The molecule has 0 aliphatic carbocycles. The Morgan fingerprint density at radius 2 is 1.76 bits per heavy atom. The number of thioether (sulfide) groups is 1. The first-order chi connectivity index (χ1) is 12.3. The van der Waals surface area contributed by atoms with Crippen molar-refractivity contribution in [1.29, 1.82) is 0 Å². The summed E-state index contributed by atoms with van der Waals surface area (Å²) in [5, 5.41) is 0. The van der Waals surface area contributed by atoms with Gasteiger partial charge in [-0.3, -0.25) is 4.79 Å². The quantitative estimate of drug-likeness (QED) is 0.217. The molecule has 142 valence electrons. The summed E-state index contributed by atoms with van der Waals surface area (Å²) >= 11 is 3.63. The second kappa shape index (κ2) is 12.9. The van der Waals surface area contributed by atoms with Gasteiger partial charge in [0.15, 0.2) is 5.78 Å². The minimum absolute atomic E-state index is 0.332. The fourth-order valence-corrected chi connectivity index (χ4v) is 5.52. The number of Topliss-reactive ketones (excluding diaryl/α,β-unsaturated/α-hetero) is 1. The van der Waals surface area contributed by atoms with Crippen LogP contribution in [0.15, 0.2) is 16.3 Å². The molecule has 0 bridgehead atoms. The van der Waals surface area contributed by atoms with Crippen LogP contribution in [0.2, 0.25) is 0 Å². The van der Waals surface area contributed by atoms with Gasteiger partial charge in [0, 0.05) is 13.0 Å². The van der Waals surface area contributed by atoms with Crippen LogP contribution in [0.5, 0.6) is 0 Å². The van der Waals surface area contributed by atoms with Crippen molar-refractivity contribution < 1.29 is 4.79 Å². The Morgan fingerprint density at radius 1 is 1.04 bits per heavy atom. The van der Waals surface area contributed by atoms with Crippen LogP contribution in [0, 0.1) is 0 Å². The second-order valence-corrected chi connectivity index (χ2v) is 9.64. The van der Waals surface area contributed by atoms with Gasteiger partial charge in [-0.1, -0.05) is 51.9 Å². The van der Waals surface area contributed by atoms with E-state index in [4.69, 9.17) is 0 Å². The molecule has 0 unspecified atom stereocenters. The number of carbonyl (C=O) groups is 1. The molecule has 1 aromatic rings. The molecule has 1 aliphatic rings. The third-order valence-corrected chi connectivity index (χ3v) is 7.39. The minimum atomic E-state index is 0.332.